The zero-order chi connectivity index (χ0) is 19.1. The summed E-state index contributed by atoms with van der Waals surface area (Å²) in [5.74, 6) is 0.0425. The lowest BCUT2D eigenvalue weighted by atomic mass is 10.1. The number of carbonyl (C=O) groups excluding carboxylic acids is 2. The Balaban J connectivity index is 1.94. The Labute approximate surface area is 154 Å². The minimum atomic E-state index is -0.648. The van der Waals surface area contributed by atoms with E-state index in [1.807, 2.05) is 39.0 Å². The summed E-state index contributed by atoms with van der Waals surface area (Å²) >= 11 is 0. The lowest BCUT2D eigenvalue weighted by Gasteiger charge is -2.16. The van der Waals surface area contributed by atoms with Gasteiger partial charge in [0.15, 0.2) is 6.10 Å². The van der Waals surface area contributed by atoms with E-state index >= 15 is 0 Å². The Bertz CT molecular complexity index is 748. The quantitative estimate of drug-likeness (QED) is 0.753. The lowest BCUT2D eigenvalue weighted by molar-refractivity contribution is -0.122. The molecule has 0 aliphatic heterocycles. The van der Waals surface area contributed by atoms with Gasteiger partial charge in [0, 0.05) is 5.69 Å². The molecule has 2 rings (SSSR count). The summed E-state index contributed by atoms with van der Waals surface area (Å²) in [5, 5.41) is 2.78. The number of rotatable bonds is 7. The minimum Gasteiger partial charge on any atom is -0.481 e. The molecule has 0 saturated heterocycles. The Morgan fingerprint density at radius 3 is 2.23 bits per heavy atom. The molecule has 0 radical (unpaired) electrons. The summed E-state index contributed by atoms with van der Waals surface area (Å²) in [6.45, 7) is 8.00. The molecule has 5 nitrogen and oxygen atoms in total. The molecular formula is C21H25NO4. The van der Waals surface area contributed by atoms with Crippen LogP contribution in [0.25, 0.3) is 0 Å². The fourth-order valence-electron chi connectivity index (χ4n) is 2.47. The van der Waals surface area contributed by atoms with Gasteiger partial charge in [-0.15, -0.1) is 0 Å². The third kappa shape index (κ3) is 5.62. The number of benzene rings is 2. The molecule has 0 heterocycles. The number of hydrogen-bond acceptors (Lipinski definition) is 4. The highest BCUT2D eigenvalue weighted by atomic mass is 16.5. The summed E-state index contributed by atoms with van der Waals surface area (Å²) in [6.07, 6.45) is 0.128. The van der Waals surface area contributed by atoms with Gasteiger partial charge in [0.25, 0.3) is 5.91 Å². The van der Waals surface area contributed by atoms with E-state index in [2.05, 4.69) is 5.32 Å². The fraction of sp³-hybridized carbons (Fsp3) is 0.333. The monoisotopic (exact) mass is 355 g/mol. The van der Waals surface area contributed by atoms with Gasteiger partial charge in [-0.05, 0) is 74.7 Å². The summed E-state index contributed by atoms with van der Waals surface area (Å²) in [5.41, 5.74) is 3.21. The zero-order valence-corrected chi connectivity index (χ0v) is 15.7. The SMILES string of the molecule is CCCOC(=O)c1ccc(NC(=O)C(C)Oc2cc(C)cc(C)c2)cc1. The molecule has 0 bridgehead atoms. The van der Waals surface area contributed by atoms with E-state index < -0.39 is 6.10 Å². The van der Waals surface area contributed by atoms with Crippen molar-refractivity contribution >= 4 is 17.6 Å². The van der Waals surface area contributed by atoms with Crippen molar-refractivity contribution in [2.75, 3.05) is 11.9 Å². The summed E-state index contributed by atoms with van der Waals surface area (Å²) in [6, 6.07) is 12.4. The molecule has 1 N–H and O–H groups in total. The van der Waals surface area contributed by atoms with E-state index in [1.165, 1.54) is 0 Å². The van der Waals surface area contributed by atoms with Crippen molar-refractivity contribution in [1.29, 1.82) is 0 Å². The first-order valence-electron chi connectivity index (χ1n) is 8.72. The molecule has 5 heteroatoms. The lowest BCUT2D eigenvalue weighted by Crippen LogP contribution is -2.30. The zero-order valence-electron chi connectivity index (χ0n) is 15.7. The van der Waals surface area contributed by atoms with Crippen LogP contribution in [0, 0.1) is 13.8 Å². The van der Waals surface area contributed by atoms with Crippen LogP contribution in [0.5, 0.6) is 5.75 Å². The van der Waals surface area contributed by atoms with Crippen molar-refractivity contribution in [1.82, 2.24) is 0 Å². The highest BCUT2D eigenvalue weighted by molar-refractivity contribution is 5.95. The van der Waals surface area contributed by atoms with Crippen molar-refractivity contribution in [2.45, 2.75) is 40.2 Å². The maximum Gasteiger partial charge on any atom is 0.338 e. The Morgan fingerprint density at radius 2 is 1.65 bits per heavy atom. The number of carbonyl (C=O) groups is 2. The third-order valence-corrected chi connectivity index (χ3v) is 3.70. The number of nitrogens with one attached hydrogen (secondary N) is 1. The smallest absolute Gasteiger partial charge is 0.338 e. The van der Waals surface area contributed by atoms with Crippen LogP contribution >= 0.6 is 0 Å². The first-order valence-corrected chi connectivity index (χ1v) is 8.72. The molecule has 1 unspecified atom stereocenters. The topological polar surface area (TPSA) is 64.6 Å². The molecule has 0 aliphatic rings. The second kappa shape index (κ2) is 9.04. The van der Waals surface area contributed by atoms with Crippen LogP contribution in [-0.2, 0) is 9.53 Å². The van der Waals surface area contributed by atoms with E-state index in [9.17, 15) is 9.59 Å². The molecule has 0 fully saturated rings. The number of amides is 1. The average Bonchev–Trinajstić information content (AvgIpc) is 2.59. The Hall–Kier alpha value is -2.82. The van der Waals surface area contributed by atoms with Crippen LogP contribution < -0.4 is 10.1 Å². The standard InChI is InChI=1S/C21H25NO4/c1-5-10-25-21(24)17-6-8-18(9-7-17)22-20(23)16(4)26-19-12-14(2)11-15(3)13-19/h6-9,11-13,16H,5,10H2,1-4H3,(H,22,23). The highest BCUT2D eigenvalue weighted by Gasteiger charge is 2.15. The number of ether oxygens (including phenoxy) is 2. The van der Waals surface area contributed by atoms with E-state index in [1.54, 1.807) is 31.2 Å². The predicted octanol–water partition coefficient (Wildman–Crippen LogP) is 4.28. The maximum absolute atomic E-state index is 12.3. The molecule has 0 aromatic heterocycles. The van der Waals surface area contributed by atoms with Gasteiger partial charge >= 0.3 is 5.97 Å². The van der Waals surface area contributed by atoms with Crippen LogP contribution in [-0.4, -0.2) is 24.6 Å². The third-order valence-electron chi connectivity index (χ3n) is 3.70. The number of hydrogen-bond donors (Lipinski definition) is 1. The summed E-state index contributed by atoms with van der Waals surface area (Å²) in [4.78, 5) is 24.1. The van der Waals surface area contributed by atoms with Gasteiger partial charge in [0.2, 0.25) is 0 Å². The molecule has 138 valence electrons. The van der Waals surface area contributed by atoms with Gasteiger partial charge in [-0.1, -0.05) is 13.0 Å². The van der Waals surface area contributed by atoms with Gasteiger partial charge < -0.3 is 14.8 Å². The van der Waals surface area contributed by atoms with Gasteiger partial charge in [-0.2, -0.15) is 0 Å². The molecule has 0 saturated carbocycles. The number of esters is 1. The van der Waals surface area contributed by atoms with E-state index in [4.69, 9.17) is 9.47 Å². The summed E-state index contributed by atoms with van der Waals surface area (Å²) < 4.78 is 10.8. The van der Waals surface area contributed by atoms with Crippen molar-refractivity contribution < 1.29 is 19.1 Å². The largest absolute Gasteiger partial charge is 0.481 e. The predicted molar refractivity (Wildman–Crippen MR) is 102 cm³/mol. The molecular weight excluding hydrogens is 330 g/mol. The molecule has 2 aromatic rings. The molecule has 26 heavy (non-hydrogen) atoms. The van der Waals surface area contributed by atoms with E-state index in [0.29, 0.717) is 23.6 Å². The highest BCUT2D eigenvalue weighted by Crippen LogP contribution is 2.18. The van der Waals surface area contributed by atoms with Crippen molar-refractivity contribution in [3.05, 3.63) is 59.2 Å². The Morgan fingerprint density at radius 1 is 1.04 bits per heavy atom. The van der Waals surface area contributed by atoms with Gasteiger partial charge in [-0.25, -0.2) is 4.79 Å². The Kier molecular flexibility index (Phi) is 6.78. The van der Waals surface area contributed by atoms with Crippen LogP contribution in [0.15, 0.2) is 42.5 Å². The van der Waals surface area contributed by atoms with Crippen LogP contribution in [0.4, 0.5) is 5.69 Å². The maximum atomic E-state index is 12.3. The second-order valence-corrected chi connectivity index (χ2v) is 6.29. The van der Waals surface area contributed by atoms with Crippen molar-refractivity contribution in [2.24, 2.45) is 0 Å². The molecule has 0 spiro atoms. The molecule has 1 atom stereocenters. The van der Waals surface area contributed by atoms with E-state index in [0.717, 1.165) is 17.5 Å². The summed E-state index contributed by atoms with van der Waals surface area (Å²) in [7, 11) is 0. The minimum absolute atomic E-state index is 0.259. The van der Waals surface area contributed by atoms with Crippen LogP contribution in [0.1, 0.15) is 41.8 Å². The molecule has 0 aliphatic carbocycles. The average molecular weight is 355 g/mol. The normalized spacial score (nSPS) is 11.5. The number of anilines is 1. The van der Waals surface area contributed by atoms with Gasteiger partial charge in [-0.3, -0.25) is 4.79 Å². The molecule has 1 amide bonds. The van der Waals surface area contributed by atoms with Gasteiger partial charge in [0.1, 0.15) is 5.75 Å². The van der Waals surface area contributed by atoms with Crippen LogP contribution in [0.3, 0.4) is 0 Å². The van der Waals surface area contributed by atoms with Crippen LogP contribution in [0.2, 0.25) is 0 Å². The molecule has 2 aromatic carbocycles. The first-order chi connectivity index (χ1) is 12.4. The number of aryl methyl sites for hydroxylation is 2. The van der Waals surface area contributed by atoms with Gasteiger partial charge in [0.05, 0.1) is 12.2 Å². The van der Waals surface area contributed by atoms with Crippen molar-refractivity contribution in [3.8, 4) is 5.75 Å². The van der Waals surface area contributed by atoms with Crippen molar-refractivity contribution in [3.63, 3.8) is 0 Å². The fourth-order valence-corrected chi connectivity index (χ4v) is 2.47. The van der Waals surface area contributed by atoms with E-state index in [-0.39, 0.29) is 11.9 Å². The first kappa shape index (κ1) is 19.5. The second-order valence-electron chi connectivity index (χ2n) is 6.29.